The third-order valence-corrected chi connectivity index (χ3v) is 1.89. The summed E-state index contributed by atoms with van der Waals surface area (Å²) < 4.78 is 4.90. The fourth-order valence-electron chi connectivity index (χ4n) is 1.11. The van der Waals surface area contributed by atoms with Crippen molar-refractivity contribution in [2.75, 3.05) is 6.61 Å². The van der Waals surface area contributed by atoms with Crippen LogP contribution in [0.4, 0.5) is 0 Å². The van der Waals surface area contributed by atoms with Gasteiger partial charge in [-0.1, -0.05) is 6.92 Å². The Bertz CT molecular complexity index is 177. The zero-order chi connectivity index (χ0) is 11.6. The van der Waals surface area contributed by atoms with Gasteiger partial charge in [-0.2, -0.15) is 0 Å². The van der Waals surface area contributed by atoms with Crippen molar-refractivity contribution < 1.29 is 29.0 Å². The third kappa shape index (κ3) is 7.92. The van der Waals surface area contributed by atoms with Crippen molar-refractivity contribution >= 4 is 5.97 Å². The fourth-order valence-corrected chi connectivity index (χ4v) is 1.11. The summed E-state index contributed by atoms with van der Waals surface area (Å²) in [5, 5.41) is 0. The van der Waals surface area contributed by atoms with Crippen molar-refractivity contribution in [1.82, 2.24) is 0 Å². The second kappa shape index (κ2) is 11.2. The van der Waals surface area contributed by atoms with Crippen LogP contribution in [0, 0.1) is 63.7 Å². The summed E-state index contributed by atoms with van der Waals surface area (Å²) in [4.78, 5) is 11.0. The molecule has 0 bridgehead atoms. The fraction of sp³-hybridized carbons (Fsp3) is 0.214. The van der Waals surface area contributed by atoms with Crippen LogP contribution in [0.25, 0.3) is 0 Å². The van der Waals surface area contributed by atoms with Crippen LogP contribution in [-0.2, 0) is 29.0 Å². The summed E-state index contributed by atoms with van der Waals surface area (Å²) in [6.07, 6.45) is 18.0. The second-order valence-electron chi connectivity index (χ2n) is 3.27. The zero-order valence-corrected chi connectivity index (χ0v) is 11.5. The molecule has 0 amide bonds. The van der Waals surface area contributed by atoms with E-state index in [2.05, 4.69) is 0 Å². The Morgan fingerprint density at radius 1 is 1.00 bits per heavy atom. The second-order valence-corrected chi connectivity index (χ2v) is 3.27. The molecule has 3 heteroatoms. The number of carbonyl (C=O) groups is 1. The van der Waals surface area contributed by atoms with Crippen LogP contribution in [0.1, 0.15) is 13.3 Å². The average molecular weight is 317 g/mol. The molecule has 10 radical (unpaired) electrons. The molecular weight excluding hydrogens is 301 g/mol. The van der Waals surface area contributed by atoms with Crippen molar-refractivity contribution in [3.63, 3.8) is 0 Å². The van der Waals surface area contributed by atoms with Crippen molar-refractivity contribution in [3.05, 3.63) is 63.7 Å². The molecule has 0 aromatic heterocycles. The molecule has 90 valence electrons. The Balaban J connectivity index is 0.000000360. The molecule has 2 aliphatic rings. The average Bonchev–Trinajstić information content (AvgIpc) is 2.98. The molecule has 0 atom stereocenters. The van der Waals surface area contributed by atoms with E-state index in [1.54, 1.807) is 12.8 Å². The molecule has 0 spiro atoms. The van der Waals surface area contributed by atoms with E-state index in [0.29, 0.717) is 12.5 Å². The number of hydrogen-bond donors (Lipinski definition) is 0. The molecule has 2 nitrogen and oxygen atoms in total. The summed E-state index contributed by atoms with van der Waals surface area (Å²) >= 11 is 0. The number of esters is 1. The van der Waals surface area contributed by atoms with E-state index in [9.17, 15) is 4.79 Å². The van der Waals surface area contributed by atoms with E-state index >= 15 is 0 Å². The molecule has 2 saturated carbocycles. The first kappa shape index (κ1) is 17.1. The molecule has 0 aliphatic heterocycles. The van der Waals surface area contributed by atoms with E-state index in [1.165, 1.54) is 0 Å². The largest absolute Gasteiger partial charge is 2.00 e. The molecule has 0 unspecified atom stereocenters. The van der Waals surface area contributed by atoms with Gasteiger partial charge in [-0.3, -0.25) is 4.79 Å². The van der Waals surface area contributed by atoms with Gasteiger partial charge in [0.25, 0.3) is 0 Å². The Morgan fingerprint density at radius 2 is 1.47 bits per heavy atom. The maximum Gasteiger partial charge on any atom is 2.00 e. The van der Waals surface area contributed by atoms with Crippen molar-refractivity contribution in [2.24, 2.45) is 0 Å². The molecule has 2 fully saturated rings. The Kier molecular flexibility index (Phi) is 11.3. The quantitative estimate of drug-likeness (QED) is 0.590. The maximum absolute atomic E-state index is 11.0. The first-order chi connectivity index (χ1) is 7.84. The van der Waals surface area contributed by atoms with Gasteiger partial charge in [-0.15, -0.1) is 0 Å². The van der Waals surface area contributed by atoms with E-state index < -0.39 is 0 Å². The van der Waals surface area contributed by atoms with Crippen LogP contribution in [0.15, 0.2) is 0 Å². The molecule has 0 N–H and O–H groups in total. The van der Waals surface area contributed by atoms with Gasteiger partial charge in [0.15, 0.2) is 0 Å². The van der Waals surface area contributed by atoms with Gasteiger partial charge in [0.05, 0.1) is 12.5 Å². The topological polar surface area (TPSA) is 26.3 Å². The van der Waals surface area contributed by atoms with Gasteiger partial charge < -0.3 is 4.74 Å². The van der Waals surface area contributed by atoms with Crippen LogP contribution >= 0.6 is 0 Å². The Labute approximate surface area is 119 Å². The smallest absolute Gasteiger partial charge is 0.465 e. The van der Waals surface area contributed by atoms with Crippen LogP contribution in [0.5, 0.6) is 0 Å². The van der Waals surface area contributed by atoms with Crippen molar-refractivity contribution in [1.29, 1.82) is 0 Å². The SMILES string of the molecule is CCCOC(=O)[C]1[CH][CH][CH][CH]1.[CH]1[CH][CH][CH][CH]1.[Ru+2]. The van der Waals surface area contributed by atoms with Crippen LogP contribution in [-0.4, -0.2) is 12.6 Å². The minimum atomic E-state index is -0.225. The van der Waals surface area contributed by atoms with Gasteiger partial charge in [-0.05, 0) is 64.2 Å². The van der Waals surface area contributed by atoms with Gasteiger partial charge in [0, 0.05) is 0 Å². The van der Waals surface area contributed by atoms with Gasteiger partial charge in [0.1, 0.15) is 0 Å². The van der Waals surface area contributed by atoms with Gasteiger partial charge >= 0.3 is 25.4 Å². The van der Waals surface area contributed by atoms with E-state index in [4.69, 9.17) is 4.74 Å². The minimum Gasteiger partial charge on any atom is -0.465 e. The molecule has 0 aromatic rings. The minimum absolute atomic E-state index is 0. The maximum atomic E-state index is 11.0. The summed E-state index contributed by atoms with van der Waals surface area (Å²) in [5.41, 5.74) is 0. The van der Waals surface area contributed by atoms with Crippen LogP contribution in [0.3, 0.4) is 0 Å². The number of rotatable bonds is 3. The Morgan fingerprint density at radius 3 is 1.88 bits per heavy atom. The first-order valence-electron chi connectivity index (χ1n) is 5.40. The molecule has 0 saturated heterocycles. The summed E-state index contributed by atoms with van der Waals surface area (Å²) in [7, 11) is 0. The van der Waals surface area contributed by atoms with E-state index in [1.807, 2.05) is 51.9 Å². The molecule has 2 aliphatic carbocycles. The summed E-state index contributed by atoms with van der Waals surface area (Å²) in [6.45, 7) is 2.47. The first-order valence-corrected chi connectivity index (χ1v) is 5.40. The molecular formula is C14H16O2Ru+2. The normalized spacial score (nSPS) is 19.1. The van der Waals surface area contributed by atoms with Gasteiger partial charge in [-0.25, -0.2) is 0 Å². The molecule has 0 aromatic carbocycles. The molecule has 17 heavy (non-hydrogen) atoms. The standard InChI is InChI=1S/C9H11O2.C5H5.Ru/c1-2-7-11-9(10)8-5-3-4-6-8;1-2-4-5-3-1;/h3-6H,2,7H2,1H3;1-5H;/q;;+2. The third-order valence-electron chi connectivity index (χ3n) is 1.89. The van der Waals surface area contributed by atoms with Crippen LogP contribution < -0.4 is 0 Å². The number of hydrogen-bond acceptors (Lipinski definition) is 2. The van der Waals surface area contributed by atoms with E-state index in [-0.39, 0.29) is 25.4 Å². The van der Waals surface area contributed by atoms with Crippen molar-refractivity contribution in [3.8, 4) is 0 Å². The number of ether oxygens (including phenoxy) is 1. The van der Waals surface area contributed by atoms with Gasteiger partial charge in [0.2, 0.25) is 0 Å². The zero-order valence-electron chi connectivity index (χ0n) is 9.78. The molecule has 0 heterocycles. The molecule has 2 rings (SSSR count). The van der Waals surface area contributed by atoms with E-state index in [0.717, 1.165) is 6.42 Å². The Hall–Kier alpha value is 0.0934. The predicted octanol–water partition coefficient (Wildman–Crippen LogP) is 2.36. The predicted molar refractivity (Wildman–Crippen MR) is 63.2 cm³/mol. The number of carbonyl (C=O) groups excluding carboxylic acids is 1. The van der Waals surface area contributed by atoms with Crippen molar-refractivity contribution in [2.45, 2.75) is 13.3 Å². The summed E-state index contributed by atoms with van der Waals surface area (Å²) in [5.74, 6) is 0.412. The summed E-state index contributed by atoms with van der Waals surface area (Å²) in [6, 6.07) is 0. The van der Waals surface area contributed by atoms with Crippen LogP contribution in [0.2, 0.25) is 0 Å². The monoisotopic (exact) mass is 318 g/mol.